The third-order valence-corrected chi connectivity index (χ3v) is 13.4. The van der Waals surface area contributed by atoms with E-state index >= 15 is 0 Å². The number of fused-ring (bicyclic) bond motifs is 3. The largest absolute Gasteiger partial charge is 0.354 e. The first-order valence-corrected chi connectivity index (χ1v) is 20.3. The number of carbonyl (C=O) groups excluding carboxylic acids is 2. The molecule has 0 aromatic rings. The van der Waals surface area contributed by atoms with Gasteiger partial charge in [-0.2, -0.15) is 0 Å². The van der Waals surface area contributed by atoms with E-state index in [1.54, 1.807) is 0 Å². The van der Waals surface area contributed by atoms with Gasteiger partial charge in [0.25, 0.3) is 0 Å². The van der Waals surface area contributed by atoms with Crippen molar-refractivity contribution in [1.29, 1.82) is 0 Å². The first-order valence-electron chi connectivity index (χ1n) is 14.3. The van der Waals surface area contributed by atoms with Crippen molar-refractivity contribution >= 4 is 55.9 Å². The maximum absolute atomic E-state index is 11.2. The molecule has 212 valence electrons. The lowest BCUT2D eigenvalue weighted by atomic mass is 9.85. The molecular formula is C24H49N6O2P5. The van der Waals surface area contributed by atoms with Crippen LogP contribution < -0.4 is 16.0 Å². The van der Waals surface area contributed by atoms with Gasteiger partial charge in [0.05, 0.1) is 0 Å². The van der Waals surface area contributed by atoms with Crippen LogP contribution in [0.15, 0.2) is 0 Å². The van der Waals surface area contributed by atoms with Gasteiger partial charge in [-0.15, -0.1) is 0 Å². The fraction of sp³-hybridized carbons (Fsp3) is 0.917. The van der Waals surface area contributed by atoms with E-state index in [9.17, 15) is 9.59 Å². The summed E-state index contributed by atoms with van der Waals surface area (Å²) in [6.07, 6.45) is 12.3. The van der Waals surface area contributed by atoms with Crippen molar-refractivity contribution in [2.45, 2.75) is 88.4 Å². The van der Waals surface area contributed by atoms with Crippen LogP contribution in [0.5, 0.6) is 0 Å². The van der Waals surface area contributed by atoms with Crippen molar-refractivity contribution in [3.8, 4) is 0 Å². The summed E-state index contributed by atoms with van der Waals surface area (Å²) in [6, 6.07) is 2.22. The zero-order valence-corrected chi connectivity index (χ0v) is 27.6. The second-order valence-electron chi connectivity index (χ2n) is 11.2. The number of nitrogens with zero attached hydrogens (tertiary/aromatic N) is 3. The molecule has 6 heterocycles. The van der Waals surface area contributed by atoms with Crippen LogP contribution in [0.4, 0.5) is 0 Å². The first-order chi connectivity index (χ1) is 18.0. The molecule has 0 aliphatic carbocycles. The molecule has 13 heteroatoms. The van der Waals surface area contributed by atoms with Crippen LogP contribution in [0.25, 0.3) is 0 Å². The standard InChI is InChI=1S/C8H12N2O2.C8H19N2P3.C8H18N2P2/c11-6-2-1-5-3-4-9-8(12)7(5)10-6;11-9-5-1-4-8-7(9)3-2-6-10(8)13-12;11-12-10-5-3-7-2-1-4-9-8(7)6-10/h5,7H,1-4H2,(H,9,12)(H,10,11);7-8,13H,1-6,11-12H2;7-9,12H,1-6,11H2. The molecule has 0 spiro atoms. The molecule has 0 aromatic heterocycles. The van der Waals surface area contributed by atoms with E-state index in [1.807, 2.05) is 0 Å². The van der Waals surface area contributed by atoms with Crippen LogP contribution in [0.1, 0.15) is 64.2 Å². The van der Waals surface area contributed by atoms with Gasteiger partial charge in [-0.05, 0) is 93.0 Å². The fourth-order valence-electron chi connectivity index (χ4n) is 6.86. The molecule has 0 saturated carbocycles. The summed E-state index contributed by atoms with van der Waals surface area (Å²) in [5.74, 6) is 1.35. The van der Waals surface area contributed by atoms with E-state index in [1.165, 1.54) is 77.7 Å². The maximum Gasteiger partial charge on any atom is 0.242 e. The molecule has 3 N–H and O–H groups in total. The van der Waals surface area contributed by atoms with Gasteiger partial charge in [-0.1, -0.05) is 27.2 Å². The van der Waals surface area contributed by atoms with Gasteiger partial charge >= 0.3 is 0 Å². The second-order valence-corrected chi connectivity index (χ2v) is 15.2. The Labute approximate surface area is 234 Å². The number of nitrogens with one attached hydrogen (secondary N) is 3. The van der Waals surface area contributed by atoms with E-state index in [2.05, 4.69) is 57.2 Å². The molecule has 6 aliphatic rings. The van der Waals surface area contributed by atoms with E-state index in [-0.39, 0.29) is 17.9 Å². The summed E-state index contributed by atoms with van der Waals surface area (Å²) in [7, 11) is 10.5. The Hall–Kier alpha value is 0.930. The monoisotopic (exact) mass is 608 g/mol. The molecule has 11 atom stereocenters. The van der Waals surface area contributed by atoms with Crippen molar-refractivity contribution in [1.82, 2.24) is 30.0 Å². The highest BCUT2D eigenvalue weighted by Crippen LogP contribution is 2.40. The Bertz CT molecular complexity index is 754. The number of hydrogen-bond acceptors (Lipinski definition) is 6. The summed E-state index contributed by atoms with van der Waals surface area (Å²) in [5.41, 5.74) is 0. The Morgan fingerprint density at radius 2 is 1.62 bits per heavy atom. The predicted molar refractivity (Wildman–Crippen MR) is 168 cm³/mol. The highest BCUT2D eigenvalue weighted by Gasteiger charge is 2.37. The van der Waals surface area contributed by atoms with Crippen molar-refractivity contribution in [3.63, 3.8) is 0 Å². The van der Waals surface area contributed by atoms with E-state index < -0.39 is 0 Å². The van der Waals surface area contributed by atoms with E-state index in [0.717, 1.165) is 60.3 Å². The van der Waals surface area contributed by atoms with E-state index in [4.69, 9.17) is 0 Å². The average molecular weight is 609 g/mol. The Morgan fingerprint density at radius 3 is 2.43 bits per heavy atom. The lowest BCUT2D eigenvalue weighted by Gasteiger charge is -2.47. The Balaban J connectivity index is 0.000000130. The van der Waals surface area contributed by atoms with Crippen LogP contribution in [0.3, 0.4) is 0 Å². The van der Waals surface area contributed by atoms with Gasteiger partial charge < -0.3 is 16.0 Å². The number of piperidine rings is 6. The van der Waals surface area contributed by atoms with Crippen LogP contribution >= 0.6 is 44.1 Å². The van der Waals surface area contributed by atoms with Crippen molar-refractivity contribution in [3.05, 3.63) is 0 Å². The Kier molecular flexibility index (Phi) is 13.2. The van der Waals surface area contributed by atoms with Crippen molar-refractivity contribution < 1.29 is 9.59 Å². The van der Waals surface area contributed by atoms with Gasteiger partial charge in [0.2, 0.25) is 11.8 Å². The zero-order chi connectivity index (χ0) is 26.2. The average Bonchev–Trinajstić information content (AvgIpc) is 2.94. The lowest BCUT2D eigenvalue weighted by molar-refractivity contribution is -0.134. The molecule has 6 rings (SSSR count). The molecule has 6 saturated heterocycles. The summed E-state index contributed by atoms with van der Waals surface area (Å²) < 4.78 is 7.71. The molecule has 0 aromatic carbocycles. The second kappa shape index (κ2) is 15.8. The lowest BCUT2D eigenvalue weighted by Crippen LogP contribution is -2.57. The van der Waals surface area contributed by atoms with Gasteiger partial charge in [-0.25, -0.2) is 0 Å². The van der Waals surface area contributed by atoms with Gasteiger partial charge in [0.15, 0.2) is 0 Å². The minimum Gasteiger partial charge on any atom is -0.354 e. The van der Waals surface area contributed by atoms with Crippen LogP contribution in [0, 0.1) is 11.8 Å². The topological polar surface area (TPSA) is 79.9 Å². The maximum atomic E-state index is 11.2. The molecule has 11 unspecified atom stereocenters. The number of rotatable bonds is 2. The first kappa shape index (κ1) is 30.9. The molecule has 0 radical (unpaired) electrons. The van der Waals surface area contributed by atoms with Crippen LogP contribution in [0.2, 0.25) is 0 Å². The molecular weight excluding hydrogens is 559 g/mol. The van der Waals surface area contributed by atoms with Gasteiger partial charge in [-0.3, -0.25) is 23.6 Å². The number of amides is 2. The summed E-state index contributed by atoms with van der Waals surface area (Å²) in [6.45, 7) is 7.21. The van der Waals surface area contributed by atoms with Crippen molar-refractivity contribution in [2.75, 3.05) is 39.3 Å². The minimum atomic E-state index is -0.250. The normalized spacial score (nSPS) is 37.4. The van der Waals surface area contributed by atoms with Crippen molar-refractivity contribution in [2.24, 2.45) is 11.8 Å². The molecule has 0 bridgehead atoms. The zero-order valence-electron chi connectivity index (χ0n) is 22.2. The smallest absolute Gasteiger partial charge is 0.242 e. The molecule has 8 nitrogen and oxygen atoms in total. The fourth-order valence-corrected chi connectivity index (χ4v) is 10.4. The molecule has 2 amide bonds. The predicted octanol–water partition coefficient (Wildman–Crippen LogP) is 2.93. The summed E-state index contributed by atoms with van der Waals surface area (Å²) in [4.78, 5) is 22.2. The number of hydrogen-bond donors (Lipinski definition) is 3. The van der Waals surface area contributed by atoms with Gasteiger partial charge in [0.1, 0.15) is 6.04 Å². The van der Waals surface area contributed by atoms with Gasteiger partial charge in [0, 0.05) is 57.3 Å². The Morgan fingerprint density at radius 1 is 0.811 bits per heavy atom. The molecule has 6 fully saturated rings. The number of carbonyl (C=O) groups is 2. The third kappa shape index (κ3) is 8.71. The SMILES string of the molecule is O=C1CCC2CCNC(=O)C2N1.PPN1CCC2CCCNC2C1.PPN1CCCC2C1CCCN2P. The summed E-state index contributed by atoms with van der Waals surface area (Å²) in [5, 5.41) is 9.10. The molecule has 6 aliphatic heterocycles. The highest BCUT2D eigenvalue weighted by atomic mass is 32.0. The van der Waals surface area contributed by atoms with E-state index in [0.29, 0.717) is 12.3 Å². The minimum absolute atomic E-state index is 0.00769. The van der Waals surface area contributed by atoms with Crippen LogP contribution in [-0.4, -0.2) is 89.3 Å². The highest BCUT2D eigenvalue weighted by molar-refractivity contribution is 8.01. The third-order valence-electron chi connectivity index (χ3n) is 8.98. The quantitative estimate of drug-likeness (QED) is 0.419. The summed E-state index contributed by atoms with van der Waals surface area (Å²) >= 11 is 0. The molecule has 37 heavy (non-hydrogen) atoms. The van der Waals surface area contributed by atoms with Crippen LogP contribution in [-0.2, 0) is 9.59 Å².